The van der Waals surface area contributed by atoms with Crippen molar-refractivity contribution in [2.45, 2.75) is 19.3 Å². The Bertz CT molecular complexity index is 594. The molecular formula is C14H16N2O4S. The van der Waals surface area contributed by atoms with E-state index >= 15 is 0 Å². The number of carboxylic acids is 1. The second-order valence-corrected chi connectivity index (χ2v) is 6.59. The van der Waals surface area contributed by atoms with Gasteiger partial charge in [0, 0.05) is 19.0 Å². The van der Waals surface area contributed by atoms with Crippen LogP contribution in [0.5, 0.6) is 0 Å². The van der Waals surface area contributed by atoms with Crippen LogP contribution in [0.1, 0.15) is 28.9 Å². The fourth-order valence-electron chi connectivity index (χ4n) is 2.39. The molecule has 112 valence electrons. The Morgan fingerprint density at radius 3 is 2.57 bits per heavy atom. The van der Waals surface area contributed by atoms with E-state index in [4.69, 9.17) is 5.11 Å². The van der Waals surface area contributed by atoms with Crippen LogP contribution in [-0.2, 0) is 9.59 Å². The van der Waals surface area contributed by atoms with Crippen LogP contribution in [0, 0.1) is 11.8 Å². The largest absolute Gasteiger partial charge is 0.481 e. The first-order chi connectivity index (χ1) is 10.0. The van der Waals surface area contributed by atoms with E-state index < -0.39 is 11.9 Å². The molecule has 0 aromatic carbocycles. The zero-order chi connectivity index (χ0) is 15.0. The molecular weight excluding hydrogens is 292 g/mol. The highest BCUT2D eigenvalue weighted by Gasteiger charge is 2.32. The second kappa shape index (κ2) is 5.48. The number of rotatable bonds is 4. The Labute approximate surface area is 125 Å². The van der Waals surface area contributed by atoms with Crippen molar-refractivity contribution in [2.75, 3.05) is 18.4 Å². The van der Waals surface area contributed by atoms with E-state index in [0.29, 0.717) is 22.8 Å². The van der Waals surface area contributed by atoms with Gasteiger partial charge in [-0.05, 0) is 31.4 Å². The molecule has 1 aliphatic heterocycles. The molecule has 1 atom stereocenters. The third kappa shape index (κ3) is 3.07. The minimum Gasteiger partial charge on any atom is -0.481 e. The van der Waals surface area contributed by atoms with Crippen molar-refractivity contribution in [2.24, 2.45) is 11.8 Å². The molecule has 1 saturated heterocycles. The number of thiophene rings is 1. The summed E-state index contributed by atoms with van der Waals surface area (Å²) in [6.07, 6.45) is 2.37. The lowest BCUT2D eigenvalue weighted by atomic mass is 10.1. The van der Waals surface area contributed by atoms with Gasteiger partial charge in [0.1, 0.15) is 0 Å². The van der Waals surface area contributed by atoms with Gasteiger partial charge in [0.15, 0.2) is 0 Å². The summed E-state index contributed by atoms with van der Waals surface area (Å²) in [7, 11) is 0. The number of carbonyl (C=O) groups excluding carboxylic acids is 2. The van der Waals surface area contributed by atoms with Crippen LogP contribution in [0.15, 0.2) is 12.1 Å². The van der Waals surface area contributed by atoms with Gasteiger partial charge in [-0.3, -0.25) is 14.4 Å². The van der Waals surface area contributed by atoms with Gasteiger partial charge < -0.3 is 15.3 Å². The number of hydrogen-bond acceptors (Lipinski definition) is 4. The molecule has 2 fully saturated rings. The standard InChI is InChI=1S/C14H16N2O4S/c17-12(8-1-2-8)15-11-4-3-10(21-11)13(18)16-6-5-9(7-16)14(19)20/h3-4,8-9H,1-2,5-7H2,(H,15,17)(H,19,20). The topological polar surface area (TPSA) is 86.7 Å². The first kappa shape index (κ1) is 14.1. The lowest BCUT2D eigenvalue weighted by Gasteiger charge is -2.14. The number of nitrogens with zero attached hydrogens (tertiary/aromatic N) is 1. The maximum absolute atomic E-state index is 12.3. The van der Waals surface area contributed by atoms with Crippen molar-refractivity contribution in [1.82, 2.24) is 4.90 Å². The monoisotopic (exact) mass is 308 g/mol. The SMILES string of the molecule is O=C(O)C1CCN(C(=O)c2ccc(NC(=O)C3CC3)s2)C1. The van der Waals surface area contributed by atoms with Gasteiger partial charge in [-0.1, -0.05) is 0 Å². The van der Waals surface area contributed by atoms with Gasteiger partial charge in [0.2, 0.25) is 5.91 Å². The Balaban J connectivity index is 1.61. The van der Waals surface area contributed by atoms with Crippen LogP contribution in [-0.4, -0.2) is 40.9 Å². The van der Waals surface area contributed by atoms with E-state index in [1.54, 1.807) is 17.0 Å². The lowest BCUT2D eigenvalue weighted by Crippen LogP contribution is -2.29. The molecule has 21 heavy (non-hydrogen) atoms. The van der Waals surface area contributed by atoms with Crippen LogP contribution in [0.25, 0.3) is 0 Å². The summed E-state index contributed by atoms with van der Waals surface area (Å²) in [6.45, 7) is 0.729. The quantitative estimate of drug-likeness (QED) is 0.885. The van der Waals surface area contributed by atoms with Crippen LogP contribution in [0.4, 0.5) is 5.00 Å². The third-order valence-electron chi connectivity index (χ3n) is 3.84. The van der Waals surface area contributed by atoms with Gasteiger partial charge in [0.05, 0.1) is 15.8 Å². The number of nitrogens with one attached hydrogen (secondary N) is 1. The van der Waals surface area contributed by atoms with E-state index in [9.17, 15) is 14.4 Å². The highest BCUT2D eigenvalue weighted by atomic mass is 32.1. The average molecular weight is 308 g/mol. The Hall–Kier alpha value is -1.89. The van der Waals surface area contributed by atoms with Crippen molar-refractivity contribution in [3.05, 3.63) is 17.0 Å². The minimum absolute atomic E-state index is 0.0166. The first-order valence-electron chi connectivity index (χ1n) is 6.97. The van der Waals surface area contributed by atoms with Gasteiger partial charge in [-0.15, -0.1) is 11.3 Å². The van der Waals surface area contributed by atoms with Crippen LogP contribution in [0.3, 0.4) is 0 Å². The molecule has 0 bridgehead atoms. The molecule has 0 spiro atoms. The zero-order valence-electron chi connectivity index (χ0n) is 11.4. The van der Waals surface area contributed by atoms with Crippen molar-refractivity contribution in [1.29, 1.82) is 0 Å². The van der Waals surface area contributed by atoms with Crippen molar-refractivity contribution >= 4 is 34.1 Å². The molecule has 6 nitrogen and oxygen atoms in total. The molecule has 1 aromatic rings. The number of aliphatic carboxylic acids is 1. The molecule has 2 heterocycles. The highest BCUT2D eigenvalue weighted by molar-refractivity contribution is 7.18. The second-order valence-electron chi connectivity index (χ2n) is 5.50. The summed E-state index contributed by atoms with van der Waals surface area (Å²) in [4.78, 5) is 37.0. The van der Waals surface area contributed by atoms with Crippen LogP contribution >= 0.6 is 11.3 Å². The van der Waals surface area contributed by atoms with Gasteiger partial charge in [0.25, 0.3) is 5.91 Å². The summed E-state index contributed by atoms with van der Waals surface area (Å²) in [5, 5.41) is 12.4. The van der Waals surface area contributed by atoms with Gasteiger partial charge in [-0.25, -0.2) is 0 Å². The van der Waals surface area contributed by atoms with E-state index in [-0.39, 0.29) is 24.3 Å². The van der Waals surface area contributed by atoms with Crippen LogP contribution < -0.4 is 5.32 Å². The molecule has 2 N–H and O–H groups in total. The van der Waals surface area contributed by atoms with Gasteiger partial charge in [-0.2, -0.15) is 0 Å². The molecule has 1 aromatic heterocycles. The van der Waals surface area contributed by atoms with E-state index in [0.717, 1.165) is 12.8 Å². The number of likely N-dealkylation sites (tertiary alicyclic amines) is 1. The number of carbonyl (C=O) groups is 3. The predicted octanol–water partition coefficient (Wildman–Crippen LogP) is 1.64. The molecule has 3 rings (SSSR count). The normalized spacial score (nSPS) is 21.3. The summed E-state index contributed by atoms with van der Waals surface area (Å²) in [5.74, 6) is -1.34. The minimum atomic E-state index is -0.853. The molecule has 0 radical (unpaired) electrons. The Morgan fingerprint density at radius 1 is 1.19 bits per heavy atom. The molecule has 1 saturated carbocycles. The molecule has 1 unspecified atom stereocenters. The van der Waals surface area contributed by atoms with Crippen molar-refractivity contribution in [3.8, 4) is 0 Å². The summed E-state index contributed by atoms with van der Waals surface area (Å²) in [5.41, 5.74) is 0. The summed E-state index contributed by atoms with van der Waals surface area (Å²) >= 11 is 1.24. The third-order valence-corrected chi connectivity index (χ3v) is 4.82. The summed E-state index contributed by atoms with van der Waals surface area (Å²) in [6, 6.07) is 3.41. The fraction of sp³-hybridized carbons (Fsp3) is 0.500. The van der Waals surface area contributed by atoms with E-state index in [1.165, 1.54) is 11.3 Å². The van der Waals surface area contributed by atoms with Crippen molar-refractivity contribution in [3.63, 3.8) is 0 Å². The molecule has 2 amide bonds. The maximum atomic E-state index is 12.3. The number of carboxylic acid groups (broad SMARTS) is 1. The smallest absolute Gasteiger partial charge is 0.308 e. The Kier molecular flexibility index (Phi) is 3.67. The number of amides is 2. The Morgan fingerprint density at radius 2 is 1.95 bits per heavy atom. The predicted molar refractivity (Wildman–Crippen MR) is 77.3 cm³/mol. The van der Waals surface area contributed by atoms with Crippen molar-refractivity contribution < 1.29 is 19.5 Å². The average Bonchev–Trinajstić information content (AvgIpc) is 3.01. The molecule has 7 heteroatoms. The highest BCUT2D eigenvalue weighted by Crippen LogP contribution is 2.32. The molecule has 2 aliphatic rings. The fourth-order valence-corrected chi connectivity index (χ4v) is 3.27. The number of hydrogen-bond donors (Lipinski definition) is 2. The van der Waals surface area contributed by atoms with E-state index in [2.05, 4.69) is 5.32 Å². The summed E-state index contributed by atoms with van der Waals surface area (Å²) < 4.78 is 0. The lowest BCUT2D eigenvalue weighted by molar-refractivity contribution is -0.141. The maximum Gasteiger partial charge on any atom is 0.308 e. The zero-order valence-corrected chi connectivity index (χ0v) is 12.2. The first-order valence-corrected chi connectivity index (χ1v) is 7.79. The van der Waals surface area contributed by atoms with Gasteiger partial charge >= 0.3 is 5.97 Å². The number of anilines is 1. The van der Waals surface area contributed by atoms with E-state index in [1.807, 2.05) is 0 Å². The molecule has 1 aliphatic carbocycles. The van der Waals surface area contributed by atoms with Crippen LogP contribution in [0.2, 0.25) is 0 Å².